The summed E-state index contributed by atoms with van der Waals surface area (Å²) in [5.74, 6) is -0.264. The molecule has 1 aromatic carbocycles. The van der Waals surface area contributed by atoms with Crippen LogP contribution in [-0.2, 0) is 0 Å². The van der Waals surface area contributed by atoms with E-state index >= 15 is 0 Å². The Kier molecular flexibility index (Phi) is 3.69. The summed E-state index contributed by atoms with van der Waals surface area (Å²) in [6, 6.07) is 3.30. The van der Waals surface area contributed by atoms with Gasteiger partial charge in [-0.05, 0) is 31.6 Å². The number of halogens is 2. The fourth-order valence-corrected chi connectivity index (χ4v) is 2.03. The molecule has 0 unspecified atom stereocenters. The predicted molar refractivity (Wildman–Crippen MR) is 64.8 cm³/mol. The number of ether oxygens (including phenoxy) is 1. The zero-order chi connectivity index (χ0) is 13.1. The first-order chi connectivity index (χ1) is 8.54. The highest BCUT2D eigenvalue weighted by Gasteiger charge is 2.18. The van der Waals surface area contributed by atoms with E-state index in [1.807, 2.05) is 13.0 Å². The van der Waals surface area contributed by atoms with Crippen LogP contribution < -0.4 is 15.8 Å². The molecule has 1 aromatic rings. The van der Waals surface area contributed by atoms with Crippen molar-refractivity contribution >= 4 is 0 Å². The van der Waals surface area contributed by atoms with Crippen molar-refractivity contribution in [3.05, 3.63) is 41.7 Å². The van der Waals surface area contributed by atoms with Crippen LogP contribution in [0, 0.1) is 17.6 Å². The van der Waals surface area contributed by atoms with Gasteiger partial charge in [-0.1, -0.05) is 0 Å². The number of nitrogens with one attached hydrogen (secondary N) is 1. The van der Waals surface area contributed by atoms with Gasteiger partial charge in [0.1, 0.15) is 5.82 Å². The molecule has 0 fully saturated rings. The third-order valence-electron chi connectivity index (χ3n) is 2.84. The van der Waals surface area contributed by atoms with E-state index in [4.69, 9.17) is 10.5 Å². The van der Waals surface area contributed by atoms with Gasteiger partial charge in [-0.25, -0.2) is 8.78 Å². The summed E-state index contributed by atoms with van der Waals surface area (Å²) in [6.45, 7) is 2.62. The molecule has 0 radical (unpaired) electrons. The number of nitrogens with two attached hydrogens (primary N) is 1. The number of hydrogen-bond donors (Lipinski definition) is 2. The molecular formula is C13H16F2N2O. The lowest BCUT2D eigenvalue weighted by Crippen LogP contribution is -2.21. The van der Waals surface area contributed by atoms with Gasteiger partial charge in [0.05, 0.1) is 11.9 Å². The van der Waals surface area contributed by atoms with Gasteiger partial charge in [-0.3, -0.25) is 0 Å². The Bertz CT molecular complexity index is 462. The zero-order valence-electron chi connectivity index (χ0n) is 10.1. The van der Waals surface area contributed by atoms with Crippen LogP contribution >= 0.6 is 0 Å². The molecule has 0 spiro atoms. The second-order valence-corrected chi connectivity index (χ2v) is 4.50. The molecule has 0 aromatic heterocycles. The lowest BCUT2D eigenvalue weighted by Gasteiger charge is -2.17. The van der Waals surface area contributed by atoms with E-state index in [-0.39, 0.29) is 17.8 Å². The lowest BCUT2D eigenvalue weighted by molar-refractivity contribution is 0.188. The molecule has 2 atom stereocenters. The summed E-state index contributed by atoms with van der Waals surface area (Å²) in [5, 5.41) is 3.02. The molecule has 98 valence electrons. The third-order valence-corrected chi connectivity index (χ3v) is 2.84. The Balaban J connectivity index is 1.92. The minimum absolute atomic E-state index is 0.0757. The second-order valence-electron chi connectivity index (χ2n) is 4.50. The molecular weight excluding hydrogens is 238 g/mol. The quantitative estimate of drug-likeness (QED) is 0.865. The monoisotopic (exact) mass is 254 g/mol. The molecule has 18 heavy (non-hydrogen) atoms. The molecule has 5 heteroatoms. The maximum atomic E-state index is 13.4. The lowest BCUT2D eigenvalue weighted by atomic mass is 10.0. The van der Waals surface area contributed by atoms with Crippen LogP contribution in [0.1, 0.15) is 13.3 Å². The molecule has 0 aliphatic carbocycles. The average Bonchev–Trinajstić information content (AvgIpc) is 2.68. The van der Waals surface area contributed by atoms with Gasteiger partial charge in [0.2, 0.25) is 0 Å². The zero-order valence-corrected chi connectivity index (χ0v) is 10.1. The van der Waals surface area contributed by atoms with E-state index in [2.05, 4.69) is 5.32 Å². The Morgan fingerprint density at radius 2 is 2.28 bits per heavy atom. The predicted octanol–water partition coefficient (Wildman–Crippen LogP) is 2.14. The fourth-order valence-electron chi connectivity index (χ4n) is 2.03. The van der Waals surface area contributed by atoms with Crippen LogP contribution in [-0.4, -0.2) is 12.6 Å². The summed E-state index contributed by atoms with van der Waals surface area (Å²) < 4.78 is 31.6. The van der Waals surface area contributed by atoms with Crippen LogP contribution in [0.5, 0.6) is 5.75 Å². The van der Waals surface area contributed by atoms with Crippen LogP contribution in [0.15, 0.2) is 30.1 Å². The van der Waals surface area contributed by atoms with Gasteiger partial charge in [0.25, 0.3) is 0 Å². The fraction of sp³-hybridized carbons (Fsp3) is 0.385. The van der Waals surface area contributed by atoms with Crippen molar-refractivity contribution in [1.29, 1.82) is 0 Å². The van der Waals surface area contributed by atoms with Gasteiger partial charge >= 0.3 is 0 Å². The van der Waals surface area contributed by atoms with Gasteiger partial charge in [0, 0.05) is 18.5 Å². The molecule has 0 saturated carbocycles. The van der Waals surface area contributed by atoms with E-state index in [9.17, 15) is 8.78 Å². The Morgan fingerprint density at radius 3 is 2.89 bits per heavy atom. The highest BCUT2D eigenvalue weighted by atomic mass is 19.1. The van der Waals surface area contributed by atoms with Crippen LogP contribution in [0.4, 0.5) is 8.78 Å². The number of rotatable bonds is 4. The molecule has 0 bridgehead atoms. The SMILES string of the molecule is C[C@H](C[C@H]1C=C(N)NC1)Oc1ccc(F)cc1F. The molecule has 1 aliphatic rings. The van der Waals surface area contributed by atoms with E-state index in [0.717, 1.165) is 19.0 Å². The molecule has 0 amide bonds. The Morgan fingerprint density at radius 1 is 1.50 bits per heavy atom. The Hall–Kier alpha value is -1.78. The molecule has 3 N–H and O–H groups in total. The van der Waals surface area contributed by atoms with E-state index in [1.54, 1.807) is 0 Å². The Labute approximate surface area is 105 Å². The minimum Gasteiger partial charge on any atom is -0.488 e. The van der Waals surface area contributed by atoms with Crippen LogP contribution in [0.2, 0.25) is 0 Å². The highest BCUT2D eigenvalue weighted by molar-refractivity contribution is 5.24. The van der Waals surface area contributed by atoms with E-state index < -0.39 is 11.6 Å². The third kappa shape index (κ3) is 3.12. The number of hydrogen-bond acceptors (Lipinski definition) is 3. The summed E-state index contributed by atoms with van der Waals surface area (Å²) in [5.41, 5.74) is 5.60. The van der Waals surface area contributed by atoms with Crippen LogP contribution in [0.25, 0.3) is 0 Å². The van der Waals surface area contributed by atoms with Crippen molar-refractivity contribution in [1.82, 2.24) is 5.32 Å². The number of benzene rings is 1. The first-order valence-corrected chi connectivity index (χ1v) is 5.87. The van der Waals surface area contributed by atoms with Gasteiger partial charge < -0.3 is 15.8 Å². The first-order valence-electron chi connectivity index (χ1n) is 5.87. The maximum Gasteiger partial charge on any atom is 0.167 e. The van der Waals surface area contributed by atoms with E-state index in [0.29, 0.717) is 5.82 Å². The highest BCUT2D eigenvalue weighted by Crippen LogP contribution is 2.22. The summed E-state index contributed by atoms with van der Waals surface area (Å²) in [4.78, 5) is 0. The van der Waals surface area contributed by atoms with Crippen molar-refractivity contribution in [2.45, 2.75) is 19.4 Å². The maximum absolute atomic E-state index is 13.4. The molecule has 1 heterocycles. The average molecular weight is 254 g/mol. The summed E-state index contributed by atoms with van der Waals surface area (Å²) >= 11 is 0. The van der Waals surface area contributed by atoms with Crippen molar-refractivity contribution in [3.63, 3.8) is 0 Å². The minimum atomic E-state index is -0.679. The van der Waals surface area contributed by atoms with Gasteiger partial charge in [0.15, 0.2) is 11.6 Å². The smallest absolute Gasteiger partial charge is 0.167 e. The standard InChI is InChI=1S/C13H16F2N2O/c1-8(4-9-5-13(16)17-7-9)18-12-3-2-10(14)6-11(12)15/h2-3,5-6,8-9,17H,4,7,16H2,1H3/t8-,9+/m1/s1. The van der Waals surface area contributed by atoms with Crippen molar-refractivity contribution in [2.75, 3.05) is 6.54 Å². The largest absolute Gasteiger partial charge is 0.488 e. The molecule has 3 nitrogen and oxygen atoms in total. The first kappa shape index (κ1) is 12.7. The molecule has 1 aliphatic heterocycles. The summed E-state index contributed by atoms with van der Waals surface area (Å²) in [7, 11) is 0. The normalized spacial score (nSPS) is 20.2. The van der Waals surface area contributed by atoms with E-state index in [1.165, 1.54) is 12.1 Å². The summed E-state index contributed by atoms with van der Waals surface area (Å²) in [6.07, 6.45) is 2.49. The van der Waals surface area contributed by atoms with Crippen molar-refractivity contribution < 1.29 is 13.5 Å². The van der Waals surface area contributed by atoms with Gasteiger partial charge in [-0.15, -0.1) is 0 Å². The van der Waals surface area contributed by atoms with Crippen molar-refractivity contribution in [2.24, 2.45) is 11.7 Å². The topological polar surface area (TPSA) is 47.3 Å². The van der Waals surface area contributed by atoms with Crippen LogP contribution in [0.3, 0.4) is 0 Å². The molecule has 0 saturated heterocycles. The molecule has 2 rings (SSSR count). The van der Waals surface area contributed by atoms with Gasteiger partial charge in [-0.2, -0.15) is 0 Å². The second kappa shape index (κ2) is 5.25. The van der Waals surface area contributed by atoms with Crippen molar-refractivity contribution in [3.8, 4) is 5.75 Å².